The van der Waals surface area contributed by atoms with Crippen LogP contribution in [0.15, 0.2) is 24.3 Å². The number of aliphatic hydroxyl groups is 1. The van der Waals surface area contributed by atoms with Crippen LogP contribution < -0.4 is 5.32 Å². The second-order valence-corrected chi connectivity index (χ2v) is 6.12. The van der Waals surface area contributed by atoms with E-state index >= 15 is 0 Å². The molecule has 2 N–H and O–H groups in total. The van der Waals surface area contributed by atoms with Gasteiger partial charge < -0.3 is 10.4 Å². The lowest BCUT2D eigenvalue weighted by molar-refractivity contribution is -0.0460. The summed E-state index contributed by atoms with van der Waals surface area (Å²) in [5.74, 6) is 0. The molecule has 1 aromatic carbocycles. The van der Waals surface area contributed by atoms with Gasteiger partial charge in [-0.1, -0.05) is 23.7 Å². The highest BCUT2D eigenvalue weighted by Gasteiger charge is 2.43. The number of piperidine rings is 1. The van der Waals surface area contributed by atoms with Crippen LogP contribution in [0, 0.1) is 0 Å². The third kappa shape index (κ3) is 2.49. The Morgan fingerprint density at radius 2 is 2.06 bits per heavy atom. The summed E-state index contributed by atoms with van der Waals surface area (Å²) < 4.78 is 0. The normalized spacial score (nSPS) is 32.4. The van der Waals surface area contributed by atoms with Gasteiger partial charge in [-0.15, -0.1) is 0 Å². The first-order valence-corrected chi connectivity index (χ1v) is 6.47. The third-order valence-electron chi connectivity index (χ3n) is 3.78. The molecule has 2 rings (SSSR count). The van der Waals surface area contributed by atoms with Crippen LogP contribution in [0.2, 0.25) is 5.02 Å². The smallest absolute Gasteiger partial charge is 0.105 e. The second-order valence-electron chi connectivity index (χ2n) is 5.68. The van der Waals surface area contributed by atoms with E-state index in [1.807, 2.05) is 31.2 Å². The molecule has 94 valence electrons. The maximum Gasteiger partial charge on any atom is 0.105 e. The molecule has 0 saturated carbocycles. The second kappa shape index (κ2) is 4.27. The van der Waals surface area contributed by atoms with Gasteiger partial charge in [0.05, 0.1) is 0 Å². The maximum absolute atomic E-state index is 10.8. The highest BCUT2D eigenvalue weighted by Crippen LogP contribution is 2.38. The van der Waals surface area contributed by atoms with Crippen molar-refractivity contribution >= 4 is 11.6 Å². The zero-order valence-corrected chi connectivity index (χ0v) is 11.4. The summed E-state index contributed by atoms with van der Waals surface area (Å²) in [5, 5.41) is 15.0. The standard InChI is InChI=1S/C14H20ClNO/c1-10-14(17,8-7-13(2,3)16-10)11-5-4-6-12(15)9-11/h4-6,9-10,16-17H,7-8H2,1-3H3. The first-order valence-electron chi connectivity index (χ1n) is 6.10. The highest BCUT2D eigenvalue weighted by atomic mass is 35.5. The molecule has 1 fully saturated rings. The van der Waals surface area contributed by atoms with E-state index in [-0.39, 0.29) is 11.6 Å². The Morgan fingerprint density at radius 3 is 2.65 bits per heavy atom. The molecule has 1 aliphatic rings. The van der Waals surface area contributed by atoms with Crippen LogP contribution >= 0.6 is 11.6 Å². The molecule has 1 saturated heterocycles. The predicted molar refractivity (Wildman–Crippen MR) is 71.3 cm³/mol. The predicted octanol–water partition coefficient (Wildman–Crippen LogP) is 3.08. The largest absolute Gasteiger partial charge is 0.384 e. The molecule has 2 atom stereocenters. The molecule has 0 radical (unpaired) electrons. The average Bonchev–Trinajstić information content (AvgIpc) is 2.24. The van der Waals surface area contributed by atoms with E-state index in [4.69, 9.17) is 11.6 Å². The zero-order valence-electron chi connectivity index (χ0n) is 10.6. The van der Waals surface area contributed by atoms with Crippen LogP contribution in [-0.4, -0.2) is 16.7 Å². The van der Waals surface area contributed by atoms with Crippen molar-refractivity contribution in [1.29, 1.82) is 0 Å². The number of nitrogens with one attached hydrogen (secondary N) is 1. The zero-order chi connectivity index (χ0) is 12.7. The van der Waals surface area contributed by atoms with Crippen LogP contribution in [0.3, 0.4) is 0 Å². The van der Waals surface area contributed by atoms with Crippen LogP contribution in [0.5, 0.6) is 0 Å². The molecule has 1 aliphatic heterocycles. The minimum Gasteiger partial charge on any atom is -0.384 e. The van der Waals surface area contributed by atoms with Crippen molar-refractivity contribution in [2.75, 3.05) is 0 Å². The Bertz CT molecular complexity index is 418. The summed E-state index contributed by atoms with van der Waals surface area (Å²) in [4.78, 5) is 0. The van der Waals surface area contributed by atoms with Crippen LogP contribution in [0.4, 0.5) is 0 Å². The van der Waals surface area contributed by atoms with Gasteiger partial charge in [-0.25, -0.2) is 0 Å². The van der Waals surface area contributed by atoms with Crippen molar-refractivity contribution < 1.29 is 5.11 Å². The number of hydrogen-bond donors (Lipinski definition) is 2. The molecular formula is C14H20ClNO. The summed E-state index contributed by atoms with van der Waals surface area (Å²) in [6.45, 7) is 6.36. The monoisotopic (exact) mass is 253 g/mol. The van der Waals surface area contributed by atoms with E-state index in [0.29, 0.717) is 5.02 Å². The van der Waals surface area contributed by atoms with E-state index in [2.05, 4.69) is 19.2 Å². The van der Waals surface area contributed by atoms with Crippen molar-refractivity contribution in [3.63, 3.8) is 0 Å². The van der Waals surface area contributed by atoms with E-state index in [0.717, 1.165) is 18.4 Å². The SMILES string of the molecule is CC1NC(C)(C)CCC1(O)c1cccc(Cl)c1. The summed E-state index contributed by atoms with van der Waals surface area (Å²) >= 11 is 6.00. The van der Waals surface area contributed by atoms with Gasteiger partial charge in [0.1, 0.15) is 5.60 Å². The molecule has 0 aromatic heterocycles. The molecule has 0 amide bonds. The van der Waals surface area contributed by atoms with Crippen LogP contribution in [0.25, 0.3) is 0 Å². The Labute approximate surface area is 108 Å². The van der Waals surface area contributed by atoms with Crippen molar-refractivity contribution in [3.05, 3.63) is 34.9 Å². The Morgan fingerprint density at radius 1 is 1.35 bits per heavy atom. The topological polar surface area (TPSA) is 32.3 Å². The molecule has 17 heavy (non-hydrogen) atoms. The number of rotatable bonds is 1. The van der Waals surface area contributed by atoms with Gasteiger partial charge in [0.15, 0.2) is 0 Å². The first kappa shape index (κ1) is 12.9. The fourth-order valence-corrected chi connectivity index (χ4v) is 2.84. The lowest BCUT2D eigenvalue weighted by atomic mass is 9.75. The fraction of sp³-hybridized carbons (Fsp3) is 0.571. The van der Waals surface area contributed by atoms with Gasteiger partial charge >= 0.3 is 0 Å². The highest BCUT2D eigenvalue weighted by molar-refractivity contribution is 6.30. The average molecular weight is 254 g/mol. The first-order chi connectivity index (χ1) is 7.83. The van der Waals surface area contributed by atoms with E-state index in [1.54, 1.807) is 0 Å². The molecule has 0 spiro atoms. The molecule has 0 aliphatic carbocycles. The Balaban J connectivity index is 2.31. The Kier molecular flexibility index (Phi) is 3.23. The van der Waals surface area contributed by atoms with Gasteiger partial charge in [0.2, 0.25) is 0 Å². The van der Waals surface area contributed by atoms with Crippen molar-refractivity contribution in [1.82, 2.24) is 5.32 Å². The molecule has 0 bridgehead atoms. The molecular weight excluding hydrogens is 234 g/mol. The molecule has 2 nitrogen and oxygen atoms in total. The van der Waals surface area contributed by atoms with E-state index in [1.165, 1.54) is 0 Å². The molecule has 2 unspecified atom stereocenters. The van der Waals surface area contributed by atoms with E-state index < -0.39 is 5.60 Å². The Hall–Kier alpha value is -0.570. The van der Waals surface area contributed by atoms with Gasteiger partial charge in [-0.3, -0.25) is 0 Å². The lowest BCUT2D eigenvalue weighted by Gasteiger charge is -2.46. The third-order valence-corrected chi connectivity index (χ3v) is 4.01. The van der Waals surface area contributed by atoms with Gasteiger partial charge in [0, 0.05) is 16.6 Å². The quantitative estimate of drug-likeness (QED) is 0.806. The lowest BCUT2D eigenvalue weighted by Crippen LogP contribution is -2.59. The summed E-state index contributed by atoms with van der Waals surface area (Å²) in [7, 11) is 0. The van der Waals surface area contributed by atoms with Crippen molar-refractivity contribution in [2.24, 2.45) is 0 Å². The van der Waals surface area contributed by atoms with Crippen LogP contribution in [0.1, 0.15) is 39.2 Å². The van der Waals surface area contributed by atoms with Crippen molar-refractivity contribution in [2.45, 2.75) is 50.8 Å². The molecule has 3 heteroatoms. The number of hydrogen-bond acceptors (Lipinski definition) is 2. The van der Waals surface area contributed by atoms with Gasteiger partial charge in [0.25, 0.3) is 0 Å². The summed E-state index contributed by atoms with van der Waals surface area (Å²) in [6.07, 6.45) is 1.70. The van der Waals surface area contributed by atoms with E-state index in [9.17, 15) is 5.11 Å². The summed E-state index contributed by atoms with van der Waals surface area (Å²) in [5.41, 5.74) is 0.172. The van der Waals surface area contributed by atoms with Gasteiger partial charge in [-0.2, -0.15) is 0 Å². The van der Waals surface area contributed by atoms with Crippen LogP contribution in [-0.2, 0) is 5.60 Å². The number of benzene rings is 1. The van der Waals surface area contributed by atoms with Crippen molar-refractivity contribution in [3.8, 4) is 0 Å². The maximum atomic E-state index is 10.8. The minimum atomic E-state index is -0.819. The fourth-order valence-electron chi connectivity index (χ4n) is 2.65. The molecule has 1 heterocycles. The minimum absolute atomic E-state index is 0.0183. The number of halogens is 1. The summed E-state index contributed by atoms with van der Waals surface area (Å²) in [6, 6.07) is 7.55. The van der Waals surface area contributed by atoms with Gasteiger partial charge in [-0.05, 0) is 51.3 Å². The molecule has 1 aromatic rings.